The van der Waals surface area contributed by atoms with E-state index < -0.39 is 0 Å². The predicted molar refractivity (Wildman–Crippen MR) is 39.7 cm³/mol. The fourth-order valence-electron chi connectivity index (χ4n) is 0.837. The standard InChI is InChI=1S/C6H4ClN3O/c7-4-1-2-10-5(11)3-8-6(10)9-4/h1-3,11H. The summed E-state index contributed by atoms with van der Waals surface area (Å²) in [5.74, 6) is 0.458. The molecule has 0 atom stereocenters. The lowest BCUT2D eigenvalue weighted by molar-refractivity contribution is 0.448. The normalized spacial score (nSPS) is 10.6. The highest BCUT2D eigenvalue weighted by molar-refractivity contribution is 6.29. The molecule has 0 saturated heterocycles. The van der Waals surface area contributed by atoms with Gasteiger partial charge in [-0.2, -0.15) is 0 Å². The molecule has 0 bridgehead atoms. The van der Waals surface area contributed by atoms with Crippen LogP contribution in [0.5, 0.6) is 5.88 Å². The lowest BCUT2D eigenvalue weighted by Crippen LogP contribution is -1.86. The summed E-state index contributed by atoms with van der Waals surface area (Å²) in [4.78, 5) is 7.65. The zero-order valence-corrected chi connectivity index (χ0v) is 6.15. The van der Waals surface area contributed by atoms with E-state index in [4.69, 9.17) is 16.7 Å². The molecule has 11 heavy (non-hydrogen) atoms. The first-order valence-corrected chi connectivity index (χ1v) is 3.34. The number of imidazole rings is 1. The summed E-state index contributed by atoms with van der Waals surface area (Å²) in [6.45, 7) is 0. The summed E-state index contributed by atoms with van der Waals surface area (Å²) in [6, 6.07) is 1.58. The molecule has 0 aliphatic heterocycles. The van der Waals surface area contributed by atoms with Crippen molar-refractivity contribution in [3.8, 4) is 5.88 Å². The Bertz CT molecular complexity index is 398. The van der Waals surface area contributed by atoms with E-state index >= 15 is 0 Å². The first-order valence-electron chi connectivity index (χ1n) is 2.96. The summed E-state index contributed by atoms with van der Waals surface area (Å²) in [7, 11) is 0. The van der Waals surface area contributed by atoms with E-state index in [2.05, 4.69) is 9.97 Å². The van der Waals surface area contributed by atoms with Crippen molar-refractivity contribution in [3.05, 3.63) is 23.6 Å². The fourth-order valence-corrected chi connectivity index (χ4v) is 0.969. The summed E-state index contributed by atoms with van der Waals surface area (Å²) in [5.41, 5.74) is 0. The second kappa shape index (κ2) is 2.10. The van der Waals surface area contributed by atoms with Gasteiger partial charge >= 0.3 is 0 Å². The quantitative estimate of drug-likeness (QED) is 0.601. The zero-order valence-electron chi connectivity index (χ0n) is 5.40. The van der Waals surface area contributed by atoms with Gasteiger partial charge in [-0.1, -0.05) is 11.6 Å². The van der Waals surface area contributed by atoms with Crippen LogP contribution in [0.1, 0.15) is 0 Å². The van der Waals surface area contributed by atoms with Gasteiger partial charge in [0.1, 0.15) is 5.15 Å². The second-order valence-electron chi connectivity index (χ2n) is 2.04. The van der Waals surface area contributed by atoms with Crippen LogP contribution in [0.25, 0.3) is 5.78 Å². The molecule has 56 valence electrons. The maximum atomic E-state index is 9.12. The van der Waals surface area contributed by atoms with Gasteiger partial charge in [-0.05, 0) is 6.07 Å². The largest absolute Gasteiger partial charge is 0.493 e. The lowest BCUT2D eigenvalue weighted by atomic mass is 10.6. The van der Waals surface area contributed by atoms with Crippen LogP contribution in [0.2, 0.25) is 5.15 Å². The van der Waals surface area contributed by atoms with Crippen LogP contribution >= 0.6 is 11.6 Å². The minimum atomic E-state index is 0.0594. The molecule has 0 aliphatic carbocycles. The van der Waals surface area contributed by atoms with Crippen molar-refractivity contribution >= 4 is 17.4 Å². The molecule has 2 heterocycles. The van der Waals surface area contributed by atoms with E-state index in [1.807, 2.05) is 0 Å². The first-order chi connectivity index (χ1) is 5.27. The van der Waals surface area contributed by atoms with Gasteiger partial charge in [-0.3, -0.25) is 4.40 Å². The molecule has 0 saturated carbocycles. The van der Waals surface area contributed by atoms with Crippen molar-refractivity contribution in [3.63, 3.8) is 0 Å². The van der Waals surface area contributed by atoms with Gasteiger partial charge < -0.3 is 5.11 Å². The van der Waals surface area contributed by atoms with Gasteiger partial charge in [0.05, 0.1) is 6.20 Å². The Morgan fingerprint density at radius 3 is 3.18 bits per heavy atom. The molecular weight excluding hydrogens is 166 g/mol. The van der Waals surface area contributed by atoms with Gasteiger partial charge in [-0.25, -0.2) is 9.97 Å². The number of nitrogens with zero attached hydrogens (tertiary/aromatic N) is 3. The van der Waals surface area contributed by atoms with Gasteiger partial charge in [-0.15, -0.1) is 0 Å². The van der Waals surface area contributed by atoms with Crippen LogP contribution in [0, 0.1) is 0 Å². The number of halogens is 1. The van der Waals surface area contributed by atoms with E-state index in [-0.39, 0.29) is 5.88 Å². The molecule has 0 aliphatic rings. The first kappa shape index (κ1) is 6.42. The Morgan fingerprint density at radius 2 is 2.36 bits per heavy atom. The average molecular weight is 170 g/mol. The third-order valence-corrected chi connectivity index (χ3v) is 1.54. The summed E-state index contributed by atoms with van der Waals surface area (Å²) in [5, 5.41) is 9.48. The molecule has 2 aromatic heterocycles. The smallest absolute Gasteiger partial charge is 0.238 e. The molecule has 5 heteroatoms. The number of aromatic nitrogens is 3. The molecule has 0 amide bonds. The van der Waals surface area contributed by atoms with Crippen molar-refractivity contribution in [2.75, 3.05) is 0 Å². The molecule has 0 fully saturated rings. The third kappa shape index (κ3) is 0.914. The van der Waals surface area contributed by atoms with E-state index in [9.17, 15) is 0 Å². The van der Waals surface area contributed by atoms with Crippen molar-refractivity contribution < 1.29 is 5.11 Å². The molecule has 2 rings (SSSR count). The number of rotatable bonds is 0. The fraction of sp³-hybridized carbons (Fsp3) is 0. The van der Waals surface area contributed by atoms with Gasteiger partial charge in [0.2, 0.25) is 11.7 Å². The van der Waals surface area contributed by atoms with E-state index in [1.54, 1.807) is 12.3 Å². The highest BCUT2D eigenvalue weighted by atomic mass is 35.5. The molecule has 0 unspecified atom stereocenters. The Morgan fingerprint density at radius 1 is 1.55 bits per heavy atom. The molecule has 4 nitrogen and oxygen atoms in total. The Hall–Kier alpha value is -1.29. The molecule has 0 spiro atoms. The minimum absolute atomic E-state index is 0.0594. The minimum Gasteiger partial charge on any atom is -0.493 e. The van der Waals surface area contributed by atoms with Crippen LogP contribution in [0.4, 0.5) is 0 Å². The van der Waals surface area contributed by atoms with Crippen molar-refractivity contribution in [2.45, 2.75) is 0 Å². The highest BCUT2D eigenvalue weighted by Gasteiger charge is 2.00. The monoisotopic (exact) mass is 169 g/mol. The maximum absolute atomic E-state index is 9.12. The SMILES string of the molecule is Oc1cnc2nc(Cl)ccn12. The number of hydrogen-bond donors (Lipinski definition) is 1. The second-order valence-corrected chi connectivity index (χ2v) is 2.42. The third-order valence-electron chi connectivity index (χ3n) is 1.33. The number of aromatic hydroxyl groups is 1. The van der Waals surface area contributed by atoms with Crippen molar-refractivity contribution in [2.24, 2.45) is 0 Å². The van der Waals surface area contributed by atoms with Crippen molar-refractivity contribution in [1.82, 2.24) is 14.4 Å². The van der Waals surface area contributed by atoms with E-state index in [0.29, 0.717) is 10.9 Å². The lowest BCUT2D eigenvalue weighted by Gasteiger charge is -1.92. The summed E-state index contributed by atoms with van der Waals surface area (Å²) in [6.07, 6.45) is 2.92. The van der Waals surface area contributed by atoms with Crippen LogP contribution in [0.15, 0.2) is 18.5 Å². The summed E-state index contributed by atoms with van der Waals surface area (Å²) >= 11 is 5.58. The molecule has 1 N–H and O–H groups in total. The van der Waals surface area contributed by atoms with E-state index in [1.165, 1.54) is 10.6 Å². The average Bonchev–Trinajstić information content (AvgIpc) is 2.32. The van der Waals surface area contributed by atoms with Gasteiger partial charge in [0.25, 0.3) is 0 Å². The number of hydrogen-bond acceptors (Lipinski definition) is 3. The Kier molecular flexibility index (Phi) is 1.22. The molecule has 0 aromatic carbocycles. The van der Waals surface area contributed by atoms with Crippen molar-refractivity contribution in [1.29, 1.82) is 0 Å². The highest BCUT2D eigenvalue weighted by Crippen LogP contribution is 2.12. The maximum Gasteiger partial charge on any atom is 0.238 e. The van der Waals surface area contributed by atoms with Gasteiger partial charge in [0, 0.05) is 6.20 Å². The topological polar surface area (TPSA) is 50.4 Å². The van der Waals surface area contributed by atoms with Gasteiger partial charge in [0.15, 0.2) is 0 Å². The van der Waals surface area contributed by atoms with Crippen LogP contribution in [-0.4, -0.2) is 19.5 Å². The Labute approximate surface area is 67.1 Å². The van der Waals surface area contributed by atoms with Crippen LogP contribution < -0.4 is 0 Å². The van der Waals surface area contributed by atoms with Crippen LogP contribution in [-0.2, 0) is 0 Å². The summed E-state index contributed by atoms with van der Waals surface area (Å²) < 4.78 is 1.44. The molecule has 2 aromatic rings. The zero-order chi connectivity index (χ0) is 7.84. The Balaban J connectivity index is 2.86. The predicted octanol–water partition coefficient (Wildman–Crippen LogP) is 1.09. The van der Waals surface area contributed by atoms with Crippen LogP contribution in [0.3, 0.4) is 0 Å². The number of fused-ring (bicyclic) bond motifs is 1. The molecule has 0 radical (unpaired) electrons. The van der Waals surface area contributed by atoms with E-state index in [0.717, 1.165) is 0 Å². The molecular formula is C6H4ClN3O.